The molecule has 1 aromatic carbocycles. The maximum Gasteiger partial charge on any atom is 0.191 e. The van der Waals surface area contributed by atoms with Crippen molar-refractivity contribution in [3.05, 3.63) is 59.4 Å². The van der Waals surface area contributed by atoms with E-state index in [2.05, 4.69) is 43.6 Å². The van der Waals surface area contributed by atoms with Gasteiger partial charge < -0.3 is 19.9 Å². The Bertz CT molecular complexity index is 719. The highest BCUT2D eigenvalue weighted by molar-refractivity contribution is 14.0. The average Bonchev–Trinajstić information content (AvgIpc) is 3.22. The van der Waals surface area contributed by atoms with Crippen molar-refractivity contribution in [1.82, 2.24) is 20.1 Å². The quantitative estimate of drug-likeness (QED) is 0.337. The number of nitrogens with one attached hydrogen (secondary N) is 2. The SMILES string of the molecule is CN=C(NCCn1cccc1)NCC(c1ccccc1Cl)N1CCOCC1.I. The Balaban J connectivity index is 0.00000280. The third-order valence-corrected chi connectivity index (χ3v) is 5.11. The Morgan fingerprint density at radius 3 is 2.54 bits per heavy atom. The molecule has 1 aliphatic rings. The van der Waals surface area contributed by atoms with E-state index in [4.69, 9.17) is 16.3 Å². The number of aliphatic imine (C=N–C) groups is 1. The van der Waals surface area contributed by atoms with Gasteiger partial charge in [-0.1, -0.05) is 29.8 Å². The molecule has 0 radical (unpaired) electrons. The Morgan fingerprint density at radius 1 is 1.14 bits per heavy atom. The van der Waals surface area contributed by atoms with Crippen molar-refractivity contribution in [2.24, 2.45) is 4.99 Å². The van der Waals surface area contributed by atoms with Crippen molar-refractivity contribution >= 4 is 41.5 Å². The van der Waals surface area contributed by atoms with E-state index >= 15 is 0 Å². The first-order valence-corrected chi connectivity index (χ1v) is 9.77. The van der Waals surface area contributed by atoms with Crippen molar-refractivity contribution in [1.29, 1.82) is 0 Å². The van der Waals surface area contributed by atoms with Crippen LogP contribution in [0.5, 0.6) is 0 Å². The minimum Gasteiger partial charge on any atom is -0.379 e. The lowest BCUT2D eigenvalue weighted by atomic mass is 10.0. The molecule has 28 heavy (non-hydrogen) atoms. The van der Waals surface area contributed by atoms with E-state index < -0.39 is 0 Å². The molecule has 3 rings (SSSR count). The molecular weight excluding hydrogens is 489 g/mol. The summed E-state index contributed by atoms with van der Waals surface area (Å²) in [6.45, 7) is 5.74. The van der Waals surface area contributed by atoms with Gasteiger partial charge in [-0.25, -0.2) is 0 Å². The molecule has 1 fully saturated rings. The number of hydrogen-bond donors (Lipinski definition) is 2. The van der Waals surface area contributed by atoms with E-state index in [0.717, 1.165) is 62.5 Å². The summed E-state index contributed by atoms with van der Waals surface area (Å²) in [5.41, 5.74) is 1.14. The van der Waals surface area contributed by atoms with E-state index in [1.54, 1.807) is 7.05 Å². The van der Waals surface area contributed by atoms with Gasteiger partial charge in [0.2, 0.25) is 0 Å². The second kappa shape index (κ2) is 12.3. The lowest BCUT2D eigenvalue weighted by Gasteiger charge is -2.35. The molecule has 1 saturated heterocycles. The van der Waals surface area contributed by atoms with E-state index in [1.165, 1.54) is 0 Å². The Labute approximate surface area is 189 Å². The molecule has 2 aromatic rings. The van der Waals surface area contributed by atoms with Crippen molar-refractivity contribution in [3.63, 3.8) is 0 Å². The summed E-state index contributed by atoms with van der Waals surface area (Å²) in [4.78, 5) is 6.77. The lowest BCUT2D eigenvalue weighted by molar-refractivity contribution is 0.0170. The van der Waals surface area contributed by atoms with Gasteiger partial charge in [-0.15, -0.1) is 24.0 Å². The van der Waals surface area contributed by atoms with Gasteiger partial charge in [0.1, 0.15) is 0 Å². The van der Waals surface area contributed by atoms with Crippen LogP contribution in [0.15, 0.2) is 53.8 Å². The molecule has 2 heterocycles. The molecule has 0 spiro atoms. The molecule has 1 unspecified atom stereocenters. The molecule has 0 bridgehead atoms. The van der Waals surface area contributed by atoms with Gasteiger partial charge in [-0.3, -0.25) is 9.89 Å². The fourth-order valence-electron chi connectivity index (χ4n) is 3.31. The predicted octanol–water partition coefficient (Wildman–Crippen LogP) is 3.00. The van der Waals surface area contributed by atoms with Crippen molar-refractivity contribution in [3.8, 4) is 0 Å². The molecular formula is C20H29ClIN5O. The van der Waals surface area contributed by atoms with Crippen LogP contribution in [0.1, 0.15) is 11.6 Å². The zero-order valence-corrected chi connectivity index (χ0v) is 19.3. The van der Waals surface area contributed by atoms with Crippen LogP contribution in [0.4, 0.5) is 0 Å². The topological polar surface area (TPSA) is 53.8 Å². The summed E-state index contributed by atoms with van der Waals surface area (Å²) in [6.07, 6.45) is 4.12. The summed E-state index contributed by atoms with van der Waals surface area (Å²) < 4.78 is 7.66. The predicted molar refractivity (Wildman–Crippen MR) is 126 cm³/mol. The largest absolute Gasteiger partial charge is 0.379 e. The van der Waals surface area contributed by atoms with Gasteiger partial charge in [0.25, 0.3) is 0 Å². The maximum atomic E-state index is 6.49. The molecule has 6 nitrogen and oxygen atoms in total. The zero-order valence-electron chi connectivity index (χ0n) is 16.2. The summed E-state index contributed by atoms with van der Waals surface area (Å²) in [7, 11) is 1.80. The number of hydrogen-bond acceptors (Lipinski definition) is 3. The third kappa shape index (κ3) is 6.65. The van der Waals surface area contributed by atoms with E-state index in [1.807, 2.05) is 30.3 Å². The van der Waals surface area contributed by atoms with Crippen LogP contribution in [0, 0.1) is 0 Å². The number of halogens is 2. The number of rotatable bonds is 7. The van der Waals surface area contributed by atoms with Crippen LogP contribution in [0.2, 0.25) is 5.02 Å². The highest BCUT2D eigenvalue weighted by atomic mass is 127. The fourth-order valence-corrected chi connectivity index (χ4v) is 3.57. The van der Waals surface area contributed by atoms with Gasteiger partial charge >= 0.3 is 0 Å². The van der Waals surface area contributed by atoms with Gasteiger partial charge in [0.15, 0.2) is 5.96 Å². The van der Waals surface area contributed by atoms with E-state index in [-0.39, 0.29) is 30.0 Å². The molecule has 1 aromatic heterocycles. The zero-order chi connectivity index (χ0) is 18.9. The van der Waals surface area contributed by atoms with Crippen molar-refractivity contribution in [2.75, 3.05) is 46.4 Å². The second-order valence-corrected chi connectivity index (χ2v) is 6.89. The Kier molecular flexibility index (Phi) is 10.1. The van der Waals surface area contributed by atoms with E-state index in [0.29, 0.717) is 0 Å². The van der Waals surface area contributed by atoms with Crippen LogP contribution in [-0.4, -0.2) is 61.9 Å². The molecule has 1 aliphatic heterocycles. The fraction of sp³-hybridized carbons (Fsp3) is 0.450. The Hall–Kier alpha value is -1.29. The first-order valence-electron chi connectivity index (χ1n) is 9.39. The van der Waals surface area contributed by atoms with Gasteiger partial charge in [-0.05, 0) is 23.8 Å². The molecule has 0 amide bonds. The van der Waals surface area contributed by atoms with Gasteiger partial charge in [-0.2, -0.15) is 0 Å². The second-order valence-electron chi connectivity index (χ2n) is 6.49. The Morgan fingerprint density at radius 2 is 1.86 bits per heavy atom. The molecule has 154 valence electrons. The summed E-state index contributed by atoms with van der Waals surface area (Å²) in [5, 5.41) is 7.63. The highest BCUT2D eigenvalue weighted by Gasteiger charge is 2.24. The molecule has 2 N–H and O–H groups in total. The number of benzene rings is 1. The number of morpholine rings is 1. The van der Waals surface area contributed by atoms with Crippen LogP contribution in [0.3, 0.4) is 0 Å². The molecule has 8 heteroatoms. The number of ether oxygens (including phenoxy) is 1. The minimum atomic E-state index is 0. The van der Waals surface area contributed by atoms with Gasteiger partial charge in [0, 0.05) is 57.2 Å². The van der Waals surface area contributed by atoms with Crippen LogP contribution < -0.4 is 10.6 Å². The number of nitrogens with zero attached hydrogens (tertiary/aromatic N) is 3. The highest BCUT2D eigenvalue weighted by Crippen LogP contribution is 2.27. The number of guanidine groups is 1. The molecule has 0 saturated carbocycles. The van der Waals surface area contributed by atoms with E-state index in [9.17, 15) is 0 Å². The monoisotopic (exact) mass is 517 g/mol. The first-order chi connectivity index (χ1) is 13.3. The average molecular weight is 518 g/mol. The number of aromatic nitrogens is 1. The van der Waals surface area contributed by atoms with Crippen LogP contribution >= 0.6 is 35.6 Å². The van der Waals surface area contributed by atoms with Crippen molar-refractivity contribution < 1.29 is 4.74 Å². The summed E-state index contributed by atoms with van der Waals surface area (Å²) >= 11 is 6.49. The van der Waals surface area contributed by atoms with Crippen molar-refractivity contribution in [2.45, 2.75) is 12.6 Å². The summed E-state index contributed by atoms with van der Waals surface area (Å²) in [5.74, 6) is 0.799. The molecule has 1 atom stereocenters. The lowest BCUT2D eigenvalue weighted by Crippen LogP contribution is -2.46. The minimum absolute atomic E-state index is 0. The van der Waals surface area contributed by atoms with Crippen LogP contribution in [0.25, 0.3) is 0 Å². The van der Waals surface area contributed by atoms with Crippen LogP contribution in [-0.2, 0) is 11.3 Å². The normalized spacial score (nSPS) is 16.3. The molecule has 0 aliphatic carbocycles. The third-order valence-electron chi connectivity index (χ3n) is 4.77. The maximum absolute atomic E-state index is 6.49. The summed E-state index contributed by atoms with van der Waals surface area (Å²) in [6, 6.07) is 12.3. The standard InChI is InChI=1S/C20H28ClN5O.HI/c1-22-20(23-8-11-25-9-4-5-10-25)24-16-19(26-12-14-27-15-13-26)17-6-2-3-7-18(17)21;/h2-7,9-10,19H,8,11-16H2,1H3,(H2,22,23,24);1H. The smallest absolute Gasteiger partial charge is 0.191 e. The first kappa shape index (κ1) is 23.0. The van der Waals surface area contributed by atoms with Gasteiger partial charge in [0.05, 0.1) is 19.3 Å².